The molecule has 1 aliphatic rings. The minimum Gasteiger partial charge on any atom is -0.347 e. The summed E-state index contributed by atoms with van der Waals surface area (Å²) in [5.74, 6) is 0.298. The first kappa shape index (κ1) is 20.5. The van der Waals surface area contributed by atoms with E-state index in [0.717, 1.165) is 43.7 Å². The summed E-state index contributed by atoms with van der Waals surface area (Å²) in [6, 6.07) is 8.56. The van der Waals surface area contributed by atoms with E-state index >= 15 is 0 Å². The van der Waals surface area contributed by atoms with Gasteiger partial charge in [0.25, 0.3) is 5.91 Å². The normalized spacial score (nSPS) is 20.2. The average Bonchev–Trinajstić information content (AvgIpc) is 3.07. The number of benzene rings is 1. The highest BCUT2D eigenvalue weighted by molar-refractivity contribution is 5.93. The SMILES string of the molecule is CCCc1c(C(=O)NC2CCNCC2C)nnn1-c1ccc(C(C)(C)C)cc1. The van der Waals surface area contributed by atoms with Crippen LogP contribution < -0.4 is 10.6 Å². The van der Waals surface area contributed by atoms with Gasteiger partial charge >= 0.3 is 0 Å². The van der Waals surface area contributed by atoms with Gasteiger partial charge in [0.15, 0.2) is 5.69 Å². The zero-order valence-electron chi connectivity index (χ0n) is 17.7. The summed E-state index contributed by atoms with van der Waals surface area (Å²) >= 11 is 0. The fourth-order valence-electron chi connectivity index (χ4n) is 3.71. The maximum absolute atomic E-state index is 12.9. The molecule has 2 atom stereocenters. The number of nitrogens with one attached hydrogen (secondary N) is 2. The predicted molar refractivity (Wildman–Crippen MR) is 112 cm³/mol. The van der Waals surface area contributed by atoms with E-state index in [1.165, 1.54) is 5.56 Å². The van der Waals surface area contributed by atoms with Crippen LogP contribution in [0.25, 0.3) is 5.69 Å². The summed E-state index contributed by atoms with van der Waals surface area (Å²) in [7, 11) is 0. The highest BCUT2D eigenvalue weighted by Gasteiger charge is 2.26. The summed E-state index contributed by atoms with van der Waals surface area (Å²) in [5.41, 5.74) is 3.64. The van der Waals surface area contributed by atoms with Crippen LogP contribution in [0.5, 0.6) is 0 Å². The fourth-order valence-corrected chi connectivity index (χ4v) is 3.71. The van der Waals surface area contributed by atoms with Gasteiger partial charge in [-0.05, 0) is 55.0 Å². The molecule has 0 spiro atoms. The van der Waals surface area contributed by atoms with E-state index in [2.05, 4.69) is 79.8 Å². The number of nitrogens with zero attached hydrogens (tertiary/aromatic N) is 3. The van der Waals surface area contributed by atoms with Gasteiger partial charge in [-0.1, -0.05) is 58.4 Å². The van der Waals surface area contributed by atoms with Crippen LogP contribution in [0.1, 0.15) is 69.2 Å². The number of amides is 1. The third-order valence-corrected chi connectivity index (χ3v) is 5.54. The van der Waals surface area contributed by atoms with Crippen LogP contribution in [0.15, 0.2) is 24.3 Å². The van der Waals surface area contributed by atoms with E-state index in [-0.39, 0.29) is 17.4 Å². The van der Waals surface area contributed by atoms with Gasteiger partial charge < -0.3 is 10.6 Å². The predicted octanol–water partition coefficient (Wildman–Crippen LogP) is 3.25. The quantitative estimate of drug-likeness (QED) is 0.831. The van der Waals surface area contributed by atoms with Crippen LogP contribution in [0, 0.1) is 5.92 Å². The van der Waals surface area contributed by atoms with Crippen LogP contribution in [0.4, 0.5) is 0 Å². The first-order chi connectivity index (χ1) is 13.3. The smallest absolute Gasteiger partial charge is 0.274 e. The Labute approximate surface area is 168 Å². The molecular formula is C22H33N5O. The molecule has 6 nitrogen and oxygen atoms in total. The number of piperidine rings is 1. The highest BCUT2D eigenvalue weighted by Crippen LogP contribution is 2.24. The summed E-state index contributed by atoms with van der Waals surface area (Å²) in [6.07, 6.45) is 2.63. The molecule has 1 saturated heterocycles. The van der Waals surface area contributed by atoms with Crippen LogP contribution in [-0.4, -0.2) is 40.0 Å². The van der Waals surface area contributed by atoms with E-state index in [0.29, 0.717) is 11.6 Å². The molecule has 152 valence electrons. The topological polar surface area (TPSA) is 71.8 Å². The maximum atomic E-state index is 12.9. The van der Waals surface area contributed by atoms with Crippen LogP contribution in [-0.2, 0) is 11.8 Å². The molecule has 2 N–H and O–H groups in total. The van der Waals surface area contributed by atoms with Crippen LogP contribution >= 0.6 is 0 Å². The molecule has 2 unspecified atom stereocenters. The molecule has 3 rings (SSSR count). The minimum atomic E-state index is -0.111. The summed E-state index contributed by atoms with van der Waals surface area (Å²) in [6.45, 7) is 12.7. The van der Waals surface area contributed by atoms with Crippen LogP contribution in [0.2, 0.25) is 0 Å². The van der Waals surface area contributed by atoms with Gasteiger partial charge in [0.1, 0.15) is 0 Å². The van der Waals surface area contributed by atoms with Crippen molar-refractivity contribution in [3.63, 3.8) is 0 Å². The first-order valence-electron chi connectivity index (χ1n) is 10.4. The molecular weight excluding hydrogens is 350 g/mol. The third-order valence-electron chi connectivity index (χ3n) is 5.54. The molecule has 0 radical (unpaired) electrons. The lowest BCUT2D eigenvalue weighted by Crippen LogP contribution is -2.48. The molecule has 0 saturated carbocycles. The Balaban J connectivity index is 1.86. The van der Waals surface area contributed by atoms with E-state index in [4.69, 9.17) is 0 Å². The molecule has 28 heavy (non-hydrogen) atoms. The molecule has 1 aromatic heterocycles. The number of carbonyl (C=O) groups is 1. The van der Waals surface area contributed by atoms with Gasteiger partial charge in [0.05, 0.1) is 11.4 Å². The Morgan fingerprint density at radius 2 is 2.00 bits per heavy atom. The Hall–Kier alpha value is -2.21. The zero-order chi connectivity index (χ0) is 20.3. The molecule has 1 amide bonds. The monoisotopic (exact) mass is 383 g/mol. The number of aromatic nitrogens is 3. The second-order valence-electron chi connectivity index (χ2n) is 8.89. The zero-order valence-corrected chi connectivity index (χ0v) is 17.7. The Kier molecular flexibility index (Phi) is 6.18. The van der Waals surface area contributed by atoms with Crippen molar-refractivity contribution in [1.82, 2.24) is 25.6 Å². The molecule has 0 bridgehead atoms. The number of carbonyl (C=O) groups excluding carboxylic acids is 1. The van der Waals surface area contributed by atoms with Gasteiger partial charge in [0.2, 0.25) is 0 Å². The average molecular weight is 384 g/mol. The lowest BCUT2D eigenvalue weighted by molar-refractivity contribution is 0.0908. The lowest BCUT2D eigenvalue weighted by atomic mass is 9.87. The first-order valence-corrected chi connectivity index (χ1v) is 10.4. The van der Waals surface area contributed by atoms with Crippen molar-refractivity contribution in [2.45, 2.75) is 65.3 Å². The second-order valence-corrected chi connectivity index (χ2v) is 8.89. The van der Waals surface area contributed by atoms with Crippen molar-refractivity contribution >= 4 is 5.91 Å². The molecule has 2 heterocycles. The molecule has 0 aliphatic carbocycles. The molecule has 1 aliphatic heterocycles. The Morgan fingerprint density at radius 1 is 1.29 bits per heavy atom. The van der Waals surface area contributed by atoms with Gasteiger partial charge in [-0.15, -0.1) is 5.10 Å². The molecule has 1 aromatic carbocycles. The van der Waals surface area contributed by atoms with Crippen LogP contribution in [0.3, 0.4) is 0 Å². The lowest BCUT2D eigenvalue weighted by Gasteiger charge is -2.30. The fraction of sp³-hybridized carbons (Fsp3) is 0.591. The van der Waals surface area contributed by atoms with E-state index < -0.39 is 0 Å². The highest BCUT2D eigenvalue weighted by atomic mass is 16.2. The maximum Gasteiger partial charge on any atom is 0.274 e. The third kappa shape index (κ3) is 4.43. The van der Waals surface area contributed by atoms with Crippen molar-refractivity contribution in [2.75, 3.05) is 13.1 Å². The van der Waals surface area contributed by atoms with Gasteiger partial charge in [-0.2, -0.15) is 0 Å². The molecule has 2 aromatic rings. The van der Waals surface area contributed by atoms with E-state index in [9.17, 15) is 4.79 Å². The van der Waals surface area contributed by atoms with Gasteiger partial charge in [0, 0.05) is 6.04 Å². The largest absolute Gasteiger partial charge is 0.347 e. The Morgan fingerprint density at radius 3 is 2.61 bits per heavy atom. The summed E-state index contributed by atoms with van der Waals surface area (Å²) < 4.78 is 1.82. The van der Waals surface area contributed by atoms with Crippen molar-refractivity contribution in [1.29, 1.82) is 0 Å². The number of hydrogen-bond acceptors (Lipinski definition) is 4. The summed E-state index contributed by atoms with van der Waals surface area (Å²) in [4.78, 5) is 12.9. The standard InChI is InChI=1S/C22H33N5O/c1-6-7-19-20(21(28)24-18-12-13-23-14-15(18)2)25-26-27(19)17-10-8-16(9-11-17)22(3,4)5/h8-11,15,18,23H,6-7,12-14H2,1-5H3,(H,24,28). The van der Waals surface area contributed by atoms with E-state index in [1.54, 1.807) is 0 Å². The Bertz CT molecular complexity index is 803. The van der Waals surface area contributed by atoms with Crippen molar-refractivity contribution in [3.8, 4) is 5.69 Å². The summed E-state index contributed by atoms with van der Waals surface area (Å²) in [5, 5.41) is 15.1. The molecule has 1 fully saturated rings. The van der Waals surface area contributed by atoms with Crippen molar-refractivity contribution in [2.24, 2.45) is 5.92 Å². The molecule has 6 heteroatoms. The van der Waals surface area contributed by atoms with E-state index in [1.807, 2.05) is 4.68 Å². The minimum absolute atomic E-state index is 0.101. The van der Waals surface area contributed by atoms with Crippen molar-refractivity contribution < 1.29 is 4.79 Å². The van der Waals surface area contributed by atoms with Gasteiger partial charge in [-0.3, -0.25) is 4.79 Å². The number of hydrogen-bond donors (Lipinski definition) is 2. The second kappa shape index (κ2) is 8.43. The van der Waals surface area contributed by atoms with Crippen molar-refractivity contribution in [3.05, 3.63) is 41.2 Å². The number of rotatable bonds is 5. The van der Waals surface area contributed by atoms with Gasteiger partial charge in [-0.25, -0.2) is 4.68 Å².